The van der Waals surface area contributed by atoms with E-state index in [1.54, 1.807) is 0 Å². The lowest BCUT2D eigenvalue weighted by Crippen LogP contribution is -2.18. The summed E-state index contributed by atoms with van der Waals surface area (Å²) in [5, 5.41) is 3.38. The first-order valence-corrected chi connectivity index (χ1v) is 8.73. The van der Waals surface area contributed by atoms with Crippen molar-refractivity contribution in [3.05, 3.63) is 16.0 Å². The third kappa shape index (κ3) is 4.95. The van der Waals surface area contributed by atoms with E-state index in [-0.39, 0.29) is 5.41 Å². The predicted molar refractivity (Wildman–Crippen MR) is 89.0 cm³/mol. The molecule has 0 saturated heterocycles. The Kier molecular flexibility index (Phi) is 6.60. The van der Waals surface area contributed by atoms with Crippen LogP contribution in [0.25, 0.3) is 0 Å². The van der Waals surface area contributed by atoms with Crippen molar-refractivity contribution in [3.8, 4) is 0 Å². The van der Waals surface area contributed by atoms with E-state index in [9.17, 15) is 0 Å². The molecule has 1 aromatic heterocycles. The highest BCUT2D eigenvalue weighted by atomic mass is 79.9. The molecule has 0 bridgehead atoms. The van der Waals surface area contributed by atoms with Crippen LogP contribution in [0.5, 0.6) is 0 Å². The van der Waals surface area contributed by atoms with Crippen molar-refractivity contribution in [3.63, 3.8) is 0 Å². The molecule has 0 radical (unpaired) electrons. The number of anilines is 1. The summed E-state index contributed by atoms with van der Waals surface area (Å²) in [5.74, 6) is 3.79. The van der Waals surface area contributed by atoms with Crippen LogP contribution in [0.15, 0.2) is 4.47 Å². The molecule has 5 heteroatoms. The molecule has 0 spiro atoms. The van der Waals surface area contributed by atoms with Crippen LogP contribution in [-0.4, -0.2) is 22.3 Å². The zero-order chi connectivity index (χ0) is 14.5. The lowest BCUT2D eigenvalue weighted by atomic mass is 9.92. The Balaban J connectivity index is 3.14. The van der Waals surface area contributed by atoms with Crippen LogP contribution in [0, 0.1) is 0 Å². The van der Waals surface area contributed by atoms with Crippen LogP contribution in [0.3, 0.4) is 0 Å². The summed E-state index contributed by atoms with van der Waals surface area (Å²) in [4.78, 5) is 9.36. The summed E-state index contributed by atoms with van der Waals surface area (Å²) < 4.78 is 0.999. The van der Waals surface area contributed by atoms with Crippen LogP contribution in [0.1, 0.15) is 52.6 Å². The minimum atomic E-state index is 0.00997. The maximum absolute atomic E-state index is 4.73. The Morgan fingerprint density at radius 1 is 1.21 bits per heavy atom. The van der Waals surface area contributed by atoms with Crippen molar-refractivity contribution >= 4 is 33.5 Å². The standard InChI is InChI=1S/C14H24BrN3S/c1-6-8-16-13-11(15)12(14(3,4)5)17-10(18-13)9-19-7-2/h6-9H2,1-5H3,(H,16,17,18). The zero-order valence-corrected chi connectivity index (χ0v) is 14.9. The van der Waals surface area contributed by atoms with Gasteiger partial charge in [0.15, 0.2) is 0 Å². The molecule has 1 heterocycles. The molecule has 0 aliphatic rings. The molecule has 0 aliphatic heterocycles. The number of nitrogens with zero attached hydrogens (tertiary/aromatic N) is 2. The number of thioether (sulfide) groups is 1. The van der Waals surface area contributed by atoms with Gasteiger partial charge in [-0.2, -0.15) is 11.8 Å². The van der Waals surface area contributed by atoms with E-state index >= 15 is 0 Å². The van der Waals surface area contributed by atoms with Crippen molar-refractivity contribution in [1.82, 2.24) is 9.97 Å². The Morgan fingerprint density at radius 2 is 1.89 bits per heavy atom. The number of nitrogens with one attached hydrogen (secondary N) is 1. The van der Waals surface area contributed by atoms with Crippen molar-refractivity contribution < 1.29 is 0 Å². The van der Waals surface area contributed by atoms with Crippen LogP contribution >= 0.6 is 27.7 Å². The van der Waals surface area contributed by atoms with E-state index < -0.39 is 0 Å². The van der Waals surface area contributed by atoms with Crippen molar-refractivity contribution in [1.29, 1.82) is 0 Å². The van der Waals surface area contributed by atoms with Crippen LogP contribution in [-0.2, 0) is 11.2 Å². The molecule has 1 N–H and O–H groups in total. The minimum Gasteiger partial charge on any atom is -0.369 e. The Morgan fingerprint density at radius 3 is 2.42 bits per heavy atom. The fraction of sp³-hybridized carbons (Fsp3) is 0.714. The Bertz CT molecular complexity index is 416. The third-order valence-electron chi connectivity index (χ3n) is 2.59. The molecule has 0 aromatic carbocycles. The van der Waals surface area contributed by atoms with Gasteiger partial charge in [-0.1, -0.05) is 34.6 Å². The van der Waals surface area contributed by atoms with Gasteiger partial charge in [0.2, 0.25) is 0 Å². The Hall–Kier alpha value is -0.290. The largest absolute Gasteiger partial charge is 0.369 e. The number of halogens is 1. The first kappa shape index (κ1) is 16.8. The highest BCUT2D eigenvalue weighted by Gasteiger charge is 2.23. The van der Waals surface area contributed by atoms with Crippen molar-refractivity contribution in [2.24, 2.45) is 0 Å². The zero-order valence-electron chi connectivity index (χ0n) is 12.5. The lowest BCUT2D eigenvalue weighted by Gasteiger charge is -2.22. The molecule has 0 fully saturated rings. The van der Waals surface area contributed by atoms with Crippen molar-refractivity contribution in [2.75, 3.05) is 17.6 Å². The van der Waals surface area contributed by atoms with Gasteiger partial charge in [0.25, 0.3) is 0 Å². The smallest absolute Gasteiger partial charge is 0.144 e. The monoisotopic (exact) mass is 345 g/mol. The molecule has 0 saturated carbocycles. The van der Waals surface area contributed by atoms with Crippen LogP contribution in [0.4, 0.5) is 5.82 Å². The van der Waals surface area contributed by atoms with Gasteiger partial charge in [0.1, 0.15) is 11.6 Å². The summed E-state index contributed by atoms with van der Waals surface area (Å²) in [6.45, 7) is 11.8. The second-order valence-electron chi connectivity index (χ2n) is 5.46. The highest BCUT2D eigenvalue weighted by molar-refractivity contribution is 9.10. The molecule has 1 rings (SSSR count). The second-order valence-corrected chi connectivity index (χ2v) is 7.53. The minimum absolute atomic E-state index is 0.00997. The quantitative estimate of drug-likeness (QED) is 0.816. The number of hydrogen-bond acceptors (Lipinski definition) is 4. The van der Waals surface area contributed by atoms with E-state index in [1.807, 2.05) is 11.8 Å². The number of rotatable bonds is 6. The number of aromatic nitrogens is 2. The van der Waals surface area contributed by atoms with Gasteiger partial charge in [-0.05, 0) is 28.1 Å². The SMILES string of the molecule is CCCNc1nc(CSCC)nc(C(C)(C)C)c1Br. The predicted octanol–water partition coefficient (Wildman–Crippen LogP) is 4.61. The fourth-order valence-electron chi connectivity index (χ4n) is 1.61. The van der Waals surface area contributed by atoms with Gasteiger partial charge in [-0.3, -0.25) is 0 Å². The molecule has 108 valence electrons. The molecular weight excluding hydrogens is 322 g/mol. The molecular formula is C14H24BrN3S. The average Bonchev–Trinajstić information content (AvgIpc) is 2.34. The maximum Gasteiger partial charge on any atom is 0.144 e. The molecule has 3 nitrogen and oxygen atoms in total. The summed E-state index contributed by atoms with van der Waals surface area (Å²) in [7, 11) is 0. The van der Waals surface area contributed by atoms with E-state index in [4.69, 9.17) is 4.98 Å². The van der Waals surface area contributed by atoms with Crippen LogP contribution in [0.2, 0.25) is 0 Å². The fourth-order valence-corrected chi connectivity index (χ4v) is 3.04. The third-order valence-corrected chi connectivity index (χ3v) is 4.21. The summed E-state index contributed by atoms with van der Waals surface area (Å²) in [6, 6.07) is 0. The average molecular weight is 346 g/mol. The van der Waals surface area contributed by atoms with Gasteiger partial charge in [-0.15, -0.1) is 0 Å². The second kappa shape index (κ2) is 7.48. The van der Waals surface area contributed by atoms with Gasteiger partial charge < -0.3 is 5.32 Å². The van der Waals surface area contributed by atoms with E-state index in [0.29, 0.717) is 0 Å². The van der Waals surface area contributed by atoms with Gasteiger partial charge in [0.05, 0.1) is 15.9 Å². The molecule has 0 amide bonds. The van der Waals surface area contributed by atoms with E-state index in [1.165, 1.54) is 0 Å². The molecule has 19 heavy (non-hydrogen) atoms. The molecule has 1 aromatic rings. The molecule has 0 aliphatic carbocycles. The molecule has 0 unspecified atom stereocenters. The summed E-state index contributed by atoms with van der Waals surface area (Å²) in [5.41, 5.74) is 1.09. The van der Waals surface area contributed by atoms with Gasteiger partial charge in [-0.25, -0.2) is 9.97 Å². The lowest BCUT2D eigenvalue weighted by molar-refractivity contribution is 0.560. The van der Waals surface area contributed by atoms with Gasteiger partial charge >= 0.3 is 0 Å². The Labute approximate surface area is 129 Å². The summed E-state index contributed by atoms with van der Waals surface area (Å²) in [6.07, 6.45) is 1.08. The summed E-state index contributed by atoms with van der Waals surface area (Å²) >= 11 is 5.51. The topological polar surface area (TPSA) is 37.8 Å². The molecule has 0 atom stereocenters. The first-order chi connectivity index (χ1) is 8.90. The van der Waals surface area contributed by atoms with E-state index in [2.05, 4.69) is 60.8 Å². The van der Waals surface area contributed by atoms with Gasteiger partial charge in [0, 0.05) is 12.0 Å². The first-order valence-electron chi connectivity index (χ1n) is 6.78. The maximum atomic E-state index is 4.73. The normalized spacial score (nSPS) is 11.7. The van der Waals surface area contributed by atoms with Crippen molar-refractivity contribution in [2.45, 2.75) is 52.2 Å². The van der Waals surface area contributed by atoms with Crippen LogP contribution < -0.4 is 5.32 Å². The number of hydrogen-bond donors (Lipinski definition) is 1. The highest BCUT2D eigenvalue weighted by Crippen LogP contribution is 2.33. The van der Waals surface area contributed by atoms with E-state index in [0.717, 1.165) is 46.3 Å².